The lowest BCUT2D eigenvalue weighted by Crippen LogP contribution is -2.43. The average molecular weight is 325 g/mol. The molecule has 0 saturated carbocycles. The lowest BCUT2D eigenvalue weighted by atomic mass is 10.2. The first-order chi connectivity index (χ1) is 10.1. The van der Waals surface area contributed by atoms with E-state index in [4.69, 9.17) is 13.9 Å². The van der Waals surface area contributed by atoms with E-state index in [2.05, 4.69) is 52.3 Å². The molecule has 2 unspecified atom stereocenters. The highest BCUT2D eigenvalue weighted by molar-refractivity contribution is 6.74. The predicted octanol–water partition coefficient (Wildman–Crippen LogP) is 4.50. The summed E-state index contributed by atoms with van der Waals surface area (Å²) in [6, 6.07) is 0. The van der Waals surface area contributed by atoms with Gasteiger partial charge in [0.05, 0.1) is 6.10 Å². The van der Waals surface area contributed by atoms with Crippen LogP contribution in [0.3, 0.4) is 0 Å². The fourth-order valence-corrected chi connectivity index (χ4v) is 3.30. The maximum Gasteiger partial charge on any atom is 0.192 e. The molecule has 4 heteroatoms. The van der Waals surface area contributed by atoms with E-state index >= 15 is 0 Å². The number of hydrogen-bond acceptors (Lipinski definition) is 3. The van der Waals surface area contributed by atoms with Crippen LogP contribution in [0.25, 0.3) is 0 Å². The second kappa shape index (κ2) is 8.31. The van der Waals surface area contributed by atoms with Gasteiger partial charge in [-0.1, -0.05) is 39.2 Å². The van der Waals surface area contributed by atoms with Gasteiger partial charge in [-0.25, -0.2) is 0 Å². The molecule has 0 aromatic heterocycles. The van der Waals surface area contributed by atoms with Crippen LogP contribution in [0.1, 0.15) is 47.0 Å². The zero-order chi connectivity index (χ0) is 16.8. The van der Waals surface area contributed by atoms with Crippen molar-refractivity contribution in [1.29, 1.82) is 0 Å². The third kappa shape index (κ3) is 6.25. The van der Waals surface area contributed by atoms with E-state index < -0.39 is 8.32 Å². The second-order valence-corrected chi connectivity index (χ2v) is 12.2. The van der Waals surface area contributed by atoms with Gasteiger partial charge in [0.2, 0.25) is 0 Å². The van der Waals surface area contributed by atoms with Gasteiger partial charge < -0.3 is 13.9 Å². The van der Waals surface area contributed by atoms with Gasteiger partial charge in [0.25, 0.3) is 0 Å². The van der Waals surface area contributed by atoms with E-state index in [0.29, 0.717) is 6.61 Å². The maximum atomic E-state index is 6.28. The Bertz CT molecular complexity index is 420. The molecular weight excluding hydrogens is 292 g/mol. The summed E-state index contributed by atoms with van der Waals surface area (Å²) < 4.78 is 17.4. The van der Waals surface area contributed by atoms with E-state index in [1.54, 1.807) is 0 Å². The molecule has 22 heavy (non-hydrogen) atoms. The van der Waals surface area contributed by atoms with Gasteiger partial charge in [-0.3, -0.25) is 0 Å². The Morgan fingerprint density at radius 2 is 2.05 bits per heavy atom. The molecule has 0 amide bonds. The topological polar surface area (TPSA) is 27.7 Å². The zero-order valence-electron chi connectivity index (χ0n) is 15.1. The summed E-state index contributed by atoms with van der Waals surface area (Å²) in [6.07, 6.45) is 3.14. The summed E-state index contributed by atoms with van der Waals surface area (Å²) in [5, 5.41) is 0.191. The van der Waals surface area contributed by atoms with Gasteiger partial charge in [-0.2, -0.15) is 0 Å². The Kier molecular flexibility index (Phi) is 7.34. The van der Waals surface area contributed by atoms with E-state index in [0.717, 1.165) is 25.0 Å². The third-order valence-corrected chi connectivity index (χ3v) is 9.05. The quantitative estimate of drug-likeness (QED) is 0.550. The van der Waals surface area contributed by atoms with Gasteiger partial charge in [0.15, 0.2) is 14.6 Å². The molecule has 3 nitrogen and oxygen atoms in total. The molecule has 1 rings (SSSR count). The minimum Gasteiger partial charge on any atom is -0.410 e. The highest BCUT2D eigenvalue weighted by Gasteiger charge is 2.38. The van der Waals surface area contributed by atoms with Crippen LogP contribution in [-0.2, 0) is 13.9 Å². The first-order valence-electron chi connectivity index (χ1n) is 8.22. The zero-order valence-corrected chi connectivity index (χ0v) is 16.1. The number of hydrogen-bond donors (Lipinski definition) is 0. The van der Waals surface area contributed by atoms with Crippen molar-refractivity contribution in [1.82, 2.24) is 0 Å². The Morgan fingerprint density at radius 1 is 1.36 bits per heavy atom. The summed E-state index contributed by atoms with van der Waals surface area (Å²) in [4.78, 5) is 0. The van der Waals surface area contributed by atoms with Crippen molar-refractivity contribution in [2.45, 2.75) is 77.5 Å². The summed E-state index contributed by atoms with van der Waals surface area (Å²) in [5.41, 5.74) is 0.818. The van der Waals surface area contributed by atoms with Crippen LogP contribution in [0.15, 0.2) is 12.2 Å². The highest BCUT2D eigenvalue weighted by Crippen LogP contribution is 2.37. The molecule has 1 aliphatic rings. The normalized spacial score (nSPS) is 20.9. The second-order valence-electron chi connectivity index (χ2n) is 7.45. The van der Waals surface area contributed by atoms with Crippen LogP contribution in [-0.4, -0.2) is 33.9 Å². The van der Waals surface area contributed by atoms with Crippen LogP contribution >= 0.6 is 0 Å². The molecule has 1 fully saturated rings. The standard InChI is InChI=1S/C18H32O3Si/c1-15(16(2)21-22(6,7)18(3,4)5)11-10-14-20-17-12-8-9-13-19-17/h16-17H,1,8-9,12-14H2,2-7H3. The van der Waals surface area contributed by atoms with Crippen LogP contribution in [0, 0.1) is 11.8 Å². The van der Waals surface area contributed by atoms with Gasteiger partial charge in [-0.05, 0) is 44.3 Å². The van der Waals surface area contributed by atoms with Crippen molar-refractivity contribution in [2.75, 3.05) is 13.2 Å². The fourth-order valence-electron chi connectivity index (χ4n) is 1.92. The molecule has 0 radical (unpaired) electrons. The van der Waals surface area contributed by atoms with Gasteiger partial charge in [-0.15, -0.1) is 0 Å². The summed E-state index contributed by atoms with van der Waals surface area (Å²) in [7, 11) is -1.78. The van der Waals surface area contributed by atoms with Crippen molar-refractivity contribution in [3.63, 3.8) is 0 Å². The first-order valence-corrected chi connectivity index (χ1v) is 11.1. The Morgan fingerprint density at radius 3 is 2.59 bits per heavy atom. The van der Waals surface area contributed by atoms with E-state index in [9.17, 15) is 0 Å². The van der Waals surface area contributed by atoms with Crippen LogP contribution in [0.5, 0.6) is 0 Å². The molecular formula is C18H32O3Si. The van der Waals surface area contributed by atoms with E-state index in [1.165, 1.54) is 6.42 Å². The van der Waals surface area contributed by atoms with Crippen molar-refractivity contribution in [3.05, 3.63) is 12.2 Å². The fraction of sp³-hybridized carbons (Fsp3) is 0.778. The molecule has 2 atom stereocenters. The van der Waals surface area contributed by atoms with Crippen molar-refractivity contribution in [2.24, 2.45) is 0 Å². The maximum absolute atomic E-state index is 6.28. The van der Waals surface area contributed by atoms with E-state index in [-0.39, 0.29) is 17.4 Å². The highest BCUT2D eigenvalue weighted by atomic mass is 28.4. The lowest BCUT2D eigenvalue weighted by molar-refractivity contribution is -0.154. The van der Waals surface area contributed by atoms with Crippen molar-refractivity contribution in [3.8, 4) is 11.8 Å². The molecule has 0 aromatic rings. The smallest absolute Gasteiger partial charge is 0.192 e. The lowest BCUT2D eigenvalue weighted by Gasteiger charge is -2.38. The third-order valence-electron chi connectivity index (χ3n) is 4.50. The molecule has 0 spiro atoms. The van der Waals surface area contributed by atoms with Gasteiger partial charge >= 0.3 is 0 Å². The Labute approximate surface area is 137 Å². The molecule has 1 aliphatic heterocycles. The summed E-state index contributed by atoms with van der Waals surface area (Å²) in [6.45, 7) is 18.4. The summed E-state index contributed by atoms with van der Waals surface area (Å²) in [5.74, 6) is 6.09. The SMILES string of the molecule is C=C(C#CCOC1CCCCO1)C(C)O[Si](C)(C)C(C)(C)C. The molecule has 0 N–H and O–H groups in total. The van der Waals surface area contributed by atoms with Crippen LogP contribution < -0.4 is 0 Å². The number of ether oxygens (including phenoxy) is 2. The first kappa shape index (κ1) is 19.4. The molecule has 0 aromatic carbocycles. The van der Waals surface area contributed by atoms with Crippen molar-refractivity contribution >= 4 is 8.32 Å². The van der Waals surface area contributed by atoms with E-state index in [1.807, 2.05) is 6.92 Å². The predicted molar refractivity (Wildman–Crippen MR) is 94.2 cm³/mol. The minimum absolute atomic E-state index is 0.0423. The number of rotatable bonds is 5. The monoisotopic (exact) mass is 324 g/mol. The van der Waals surface area contributed by atoms with Crippen molar-refractivity contribution < 1.29 is 13.9 Å². The van der Waals surface area contributed by atoms with Crippen LogP contribution in [0.4, 0.5) is 0 Å². The Balaban J connectivity index is 2.39. The molecule has 1 heterocycles. The van der Waals surface area contributed by atoms with Crippen LogP contribution in [0.2, 0.25) is 18.1 Å². The molecule has 0 bridgehead atoms. The summed E-state index contributed by atoms with van der Waals surface area (Å²) >= 11 is 0. The van der Waals surface area contributed by atoms with Gasteiger partial charge in [0, 0.05) is 12.2 Å². The molecule has 0 aliphatic carbocycles. The molecule has 1 saturated heterocycles. The van der Waals surface area contributed by atoms with Gasteiger partial charge in [0.1, 0.15) is 6.61 Å². The Hall–Kier alpha value is -0.603. The minimum atomic E-state index is -1.78. The average Bonchev–Trinajstić information content (AvgIpc) is 2.42. The molecule has 126 valence electrons. The largest absolute Gasteiger partial charge is 0.410 e.